The van der Waals surface area contributed by atoms with Crippen LogP contribution in [0, 0.1) is 16.7 Å². The molecule has 0 spiro atoms. The Bertz CT molecular complexity index is 494. The van der Waals surface area contributed by atoms with Crippen molar-refractivity contribution >= 4 is 5.71 Å². The van der Waals surface area contributed by atoms with E-state index < -0.39 is 0 Å². The van der Waals surface area contributed by atoms with Gasteiger partial charge in [0.1, 0.15) is 5.71 Å². The van der Waals surface area contributed by atoms with Gasteiger partial charge >= 0.3 is 0 Å². The van der Waals surface area contributed by atoms with Crippen molar-refractivity contribution in [3.63, 3.8) is 0 Å². The summed E-state index contributed by atoms with van der Waals surface area (Å²) in [6, 6.07) is 6.31. The van der Waals surface area contributed by atoms with E-state index >= 15 is 0 Å². The molecule has 2 aliphatic carbocycles. The van der Waals surface area contributed by atoms with Gasteiger partial charge in [-0.15, -0.1) is 0 Å². The molecule has 0 radical (unpaired) electrons. The van der Waals surface area contributed by atoms with Gasteiger partial charge in [-0.3, -0.25) is 0 Å². The van der Waals surface area contributed by atoms with Crippen molar-refractivity contribution in [2.75, 3.05) is 0 Å². The Morgan fingerprint density at radius 1 is 1.22 bits per heavy atom. The van der Waals surface area contributed by atoms with Gasteiger partial charge in [0.05, 0.1) is 0 Å². The van der Waals surface area contributed by atoms with Gasteiger partial charge in [-0.05, 0) is 18.3 Å². The summed E-state index contributed by atoms with van der Waals surface area (Å²) in [6.45, 7) is 6.89. The molecule has 1 aromatic rings. The maximum absolute atomic E-state index is 9.49. The lowest BCUT2D eigenvalue weighted by Gasteiger charge is -2.32. The van der Waals surface area contributed by atoms with Crippen LogP contribution in [0.4, 0.5) is 0 Å². The lowest BCUT2D eigenvalue weighted by Crippen LogP contribution is -2.47. The summed E-state index contributed by atoms with van der Waals surface area (Å²) in [5.41, 5.74) is 1.18. The Balaban J connectivity index is 2.13. The number of hydrogen-bond donors (Lipinski definition) is 1. The number of nitrogens with zero attached hydrogens (tertiary/aromatic N) is 2. The Morgan fingerprint density at radius 2 is 1.89 bits per heavy atom. The van der Waals surface area contributed by atoms with Crippen LogP contribution in [0.3, 0.4) is 0 Å². The summed E-state index contributed by atoms with van der Waals surface area (Å²) in [5, 5.41) is 13.2. The Morgan fingerprint density at radius 3 is 2.50 bits per heavy atom. The molecule has 2 aliphatic rings. The van der Waals surface area contributed by atoms with E-state index in [0.717, 1.165) is 12.1 Å². The molecule has 0 amide bonds. The number of fused-ring (bicyclic) bond motifs is 2. The largest absolute Gasteiger partial charge is 0.411 e. The average molecular weight is 245 g/mol. The summed E-state index contributed by atoms with van der Waals surface area (Å²) >= 11 is 0. The van der Waals surface area contributed by atoms with Crippen LogP contribution in [0.1, 0.15) is 39.7 Å². The van der Waals surface area contributed by atoms with Crippen LogP contribution in [0.15, 0.2) is 35.7 Å². The van der Waals surface area contributed by atoms with Gasteiger partial charge < -0.3 is 5.21 Å². The van der Waals surface area contributed by atoms with Gasteiger partial charge in [-0.1, -0.05) is 32.0 Å². The van der Waals surface area contributed by atoms with E-state index in [4.69, 9.17) is 0 Å². The maximum atomic E-state index is 9.49. The molecule has 18 heavy (non-hydrogen) atoms. The van der Waals surface area contributed by atoms with Crippen LogP contribution < -0.4 is 4.57 Å². The predicted octanol–water partition coefficient (Wildman–Crippen LogP) is 2.80. The molecular weight excluding hydrogens is 224 g/mol. The van der Waals surface area contributed by atoms with Crippen molar-refractivity contribution in [2.24, 2.45) is 21.9 Å². The Labute approximate surface area is 108 Å². The molecule has 3 unspecified atom stereocenters. The maximum Gasteiger partial charge on any atom is 0.203 e. The SMILES string of the molecule is CC12CCC(C([n+]3ccccc3)C1=NO)C2(C)C. The first-order valence-corrected chi connectivity index (χ1v) is 6.70. The molecule has 0 aliphatic heterocycles. The summed E-state index contributed by atoms with van der Waals surface area (Å²) in [7, 11) is 0. The molecule has 1 aromatic heterocycles. The second-order valence-corrected chi connectivity index (χ2v) is 6.45. The normalized spacial score (nSPS) is 39.4. The van der Waals surface area contributed by atoms with Gasteiger partial charge in [-0.25, -0.2) is 0 Å². The van der Waals surface area contributed by atoms with Crippen LogP contribution in [0.5, 0.6) is 0 Å². The van der Waals surface area contributed by atoms with Gasteiger partial charge in [0.25, 0.3) is 0 Å². The zero-order valence-electron chi connectivity index (χ0n) is 11.3. The Hall–Kier alpha value is -1.38. The minimum Gasteiger partial charge on any atom is -0.411 e. The van der Waals surface area contributed by atoms with Crippen molar-refractivity contribution in [3.05, 3.63) is 30.6 Å². The van der Waals surface area contributed by atoms with Crippen LogP contribution in [-0.2, 0) is 0 Å². The molecule has 3 rings (SSSR count). The van der Waals surface area contributed by atoms with Gasteiger partial charge in [0.15, 0.2) is 12.4 Å². The van der Waals surface area contributed by atoms with Crippen molar-refractivity contribution in [3.8, 4) is 0 Å². The molecular formula is C15H21N2O+. The van der Waals surface area contributed by atoms with Crippen LogP contribution >= 0.6 is 0 Å². The average Bonchev–Trinajstić information content (AvgIpc) is 2.70. The molecule has 2 saturated carbocycles. The van der Waals surface area contributed by atoms with E-state index in [1.54, 1.807) is 0 Å². The molecule has 1 heterocycles. The van der Waals surface area contributed by atoms with Crippen molar-refractivity contribution in [1.82, 2.24) is 0 Å². The van der Waals surface area contributed by atoms with E-state index in [9.17, 15) is 5.21 Å². The van der Waals surface area contributed by atoms with E-state index in [-0.39, 0.29) is 16.9 Å². The fraction of sp³-hybridized carbons (Fsp3) is 0.600. The van der Waals surface area contributed by atoms with Gasteiger partial charge in [0, 0.05) is 23.5 Å². The molecule has 3 heteroatoms. The van der Waals surface area contributed by atoms with Gasteiger partial charge in [-0.2, -0.15) is 4.57 Å². The highest BCUT2D eigenvalue weighted by molar-refractivity contribution is 5.96. The number of aromatic nitrogens is 1. The summed E-state index contributed by atoms with van der Waals surface area (Å²) < 4.78 is 2.20. The third-order valence-corrected chi connectivity index (χ3v) is 5.70. The second-order valence-electron chi connectivity index (χ2n) is 6.45. The highest BCUT2D eigenvalue weighted by Gasteiger charge is 2.68. The smallest absolute Gasteiger partial charge is 0.203 e. The lowest BCUT2D eigenvalue weighted by molar-refractivity contribution is -0.713. The third kappa shape index (κ3) is 1.20. The monoisotopic (exact) mass is 245 g/mol. The minimum atomic E-state index is 0.0277. The first-order chi connectivity index (χ1) is 8.52. The third-order valence-electron chi connectivity index (χ3n) is 5.70. The molecule has 96 valence electrons. The van der Waals surface area contributed by atoms with Crippen molar-refractivity contribution in [1.29, 1.82) is 0 Å². The van der Waals surface area contributed by atoms with E-state index in [1.165, 1.54) is 6.42 Å². The number of rotatable bonds is 1. The zero-order chi connectivity index (χ0) is 13.0. The van der Waals surface area contributed by atoms with Crippen LogP contribution in [0.2, 0.25) is 0 Å². The molecule has 0 saturated heterocycles. The van der Waals surface area contributed by atoms with Crippen LogP contribution in [-0.4, -0.2) is 10.9 Å². The quantitative estimate of drug-likeness (QED) is 0.461. The summed E-state index contributed by atoms with van der Waals surface area (Å²) in [5.74, 6) is 0.556. The fourth-order valence-corrected chi connectivity index (χ4v) is 4.18. The highest BCUT2D eigenvalue weighted by atomic mass is 16.4. The van der Waals surface area contributed by atoms with Crippen molar-refractivity contribution < 1.29 is 9.77 Å². The topological polar surface area (TPSA) is 36.5 Å². The number of oxime groups is 1. The molecule has 3 nitrogen and oxygen atoms in total. The molecule has 1 N–H and O–H groups in total. The number of hydrogen-bond acceptors (Lipinski definition) is 2. The second kappa shape index (κ2) is 3.56. The van der Waals surface area contributed by atoms with E-state index in [1.807, 2.05) is 18.2 Å². The predicted molar refractivity (Wildman–Crippen MR) is 69.5 cm³/mol. The molecule has 0 aromatic carbocycles. The fourth-order valence-electron chi connectivity index (χ4n) is 4.18. The summed E-state index contributed by atoms with van der Waals surface area (Å²) in [6.07, 6.45) is 6.51. The van der Waals surface area contributed by atoms with E-state index in [2.05, 4.69) is 42.9 Å². The van der Waals surface area contributed by atoms with Gasteiger partial charge in [0.2, 0.25) is 6.04 Å². The minimum absolute atomic E-state index is 0.0277. The lowest BCUT2D eigenvalue weighted by atomic mass is 9.70. The standard InChI is InChI=1S/C15H20N2O/c1-14(2)11-7-8-15(14,3)13(16-18)12(11)17-9-5-4-6-10-17/h4-6,9-12H,7-8H2,1-3H3/p+1. The van der Waals surface area contributed by atoms with Crippen molar-refractivity contribution in [2.45, 2.75) is 39.7 Å². The summed E-state index contributed by atoms with van der Waals surface area (Å²) in [4.78, 5) is 0. The molecule has 2 fully saturated rings. The Kier molecular flexibility index (Phi) is 2.31. The van der Waals surface area contributed by atoms with E-state index in [0.29, 0.717) is 5.92 Å². The molecule has 3 atom stereocenters. The molecule has 2 bridgehead atoms. The van der Waals surface area contributed by atoms with Crippen LogP contribution in [0.25, 0.3) is 0 Å². The zero-order valence-corrected chi connectivity index (χ0v) is 11.3. The first kappa shape index (κ1) is 11.7. The number of pyridine rings is 1. The highest BCUT2D eigenvalue weighted by Crippen LogP contribution is 2.66. The first-order valence-electron chi connectivity index (χ1n) is 6.70.